The van der Waals surface area contributed by atoms with Crippen molar-refractivity contribution in [3.63, 3.8) is 0 Å². The van der Waals surface area contributed by atoms with E-state index in [9.17, 15) is 4.79 Å². The first-order chi connectivity index (χ1) is 15.7. The highest BCUT2D eigenvalue weighted by Crippen LogP contribution is 2.25. The minimum Gasteiger partial charge on any atom is -0.350 e. The molecule has 4 rings (SSSR count). The molecule has 1 aromatic carbocycles. The maximum absolute atomic E-state index is 12.8. The van der Waals surface area contributed by atoms with Gasteiger partial charge in [-0.05, 0) is 43.2 Å². The standard InChI is InChI=1S/C24H30N8O/c1-14(2)28-21(33)18-13-27-23(29-17-7-6-15-11-25-12-16(15)10-17)32-20(18)30-19-8-9-26-22(31-19)24(3,4)5/h6-10,13-14,25H,11-12H2,1-5H3,(H,28,33)(H2,26,27,29,30,31,32). The number of benzene rings is 1. The topological polar surface area (TPSA) is 117 Å². The molecule has 0 spiro atoms. The summed E-state index contributed by atoms with van der Waals surface area (Å²) in [5.41, 5.74) is 3.56. The van der Waals surface area contributed by atoms with Gasteiger partial charge in [-0.1, -0.05) is 26.8 Å². The zero-order chi connectivity index (χ0) is 23.6. The molecule has 0 radical (unpaired) electrons. The normalized spacial score (nSPS) is 13.0. The molecule has 0 fully saturated rings. The maximum Gasteiger partial charge on any atom is 0.256 e. The SMILES string of the molecule is CC(C)NC(=O)c1cnc(Nc2ccc3c(c2)CNC3)nc1Nc1ccnc(C(C)(C)C)n1. The first-order valence-electron chi connectivity index (χ1n) is 11.1. The van der Waals surface area contributed by atoms with E-state index in [4.69, 9.17) is 0 Å². The van der Waals surface area contributed by atoms with Crippen molar-refractivity contribution in [2.45, 2.75) is 59.2 Å². The fourth-order valence-corrected chi connectivity index (χ4v) is 3.46. The number of anilines is 4. The number of aromatic nitrogens is 4. The van der Waals surface area contributed by atoms with Crippen LogP contribution in [-0.2, 0) is 18.5 Å². The van der Waals surface area contributed by atoms with E-state index in [-0.39, 0.29) is 17.4 Å². The van der Waals surface area contributed by atoms with Gasteiger partial charge in [-0.25, -0.2) is 15.0 Å². The van der Waals surface area contributed by atoms with Crippen LogP contribution in [0, 0.1) is 0 Å². The van der Waals surface area contributed by atoms with Crippen LogP contribution in [0.5, 0.6) is 0 Å². The number of fused-ring (bicyclic) bond motifs is 1. The highest BCUT2D eigenvalue weighted by Gasteiger charge is 2.20. The molecule has 33 heavy (non-hydrogen) atoms. The third-order valence-corrected chi connectivity index (χ3v) is 5.12. The van der Waals surface area contributed by atoms with Gasteiger partial charge in [0.05, 0.1) is 0 Å². The summed E-state index contributed by atoms with van der Waals surface area (Å²) in [4.78, 5) is 30.8. The molecule has 0 atom stereocenters. The highest BCUT2D eigenvalue weighted by molar-refractivity contribution is 5.99. The molecule has 1 aliphatic heterocycles. The van der Waals surface area contributed by atoms with Crippen LogP contribution >= 0.6 is 0 Å². The summed E-state index contributed by atoms with van der Waals surface area (Å²) < 4.78 is 0. The Labute approximate surface area is 193 Å². The number of amides is 1. The van der Waals surface area contributed by atoms with Gasteiger partial charge in [0.25, 0.3) is 5.91 Å². The van der Waals surface area contributed by atoms with Crippen LogP contribution < -0.4 is 21.3 Å². The van der Waals surface area contributed by atoms with E-state index in [0.717, 1.165) is 18.8 Å². The van der Waals surface area contributed by atoms with E-state index in [0.29, 0.717) is 29.0 Å². The van der Waals surface area contributed by atoms with Crippen LogP contribution in [-0.4, -0.2) is 31.9 Å². The van der Waals surface area contributed by atoms with Gasteiger partial charge in [0.1, 0.15) is 23.0 Å². The third kappa shape index (κ3) is 5.43. The molecule has 9 nitrogen and oxygen atoms in total. The molecule has 4 N–H and O–H groups in total. The van der Waals surface area contributed by atoms with Gasteiger partial charge in [-0.2, -0.15) is 4.98 Å². The lowest BCUT2D eigenvalue weighted by molar-refractivity contribution is 0.0943. The minimum atomic E-state index is -0.257. The fraction of sp³-hybridized carbons (Fsp3) is 0.375. The molecule has 0 saturated heterocycles. The third-order valence-electron chi connectivity index (χ3n) is 5.12. The number of nitrogens with one attached hydrogen (secondary N) is 4. The number of hydrogen-bond acceptors (Lipinski definition) is 8. The average Bonchev–Trinajstić information content (AvgIpc) is 3.21. The molecular weight excluding hydrogens is 416 g/mol. The van der Waals surface area contributed by atoms with Crippen molar-refractivity contribution in [1.29, 1.82) is 0 Å². The first-order valence-corrected chi connectivity index (χ1v) is 11.1. The Bertz CT molecular complexity index is 1170. The van der Waals surface area contributed by atoms with E-state index in [1.54, 1.807) is 12.3 Å². The van der Waals surface area contributed by atoms with Crippen molar-refractivity contribution in [1.82, 2.24) is 30.6 Å². The number of hydrogen-bond donors (Lipinski definition) is 4. The molecule has 0 saturated carbocycles. The molecule has 1 amide bonds. The van der Waals surface area contributed by atoms with Crippen LogP contribution in [0.3, 0.4) is 0 Å². The van der Waals surface area contributed by atoms with Gasteiger partial charge in [0.2, 0.25) is 5.95 Å². The zero-order valence-corrected chi connectivity index (χ0v) is 19.7. The highest BCUT2D eigenvalue weighted by atomic mass is 16.1. The van der Waals surface area contributed by atoms with Gasteiger partial charge in [0.15, 0.2) is 0 Å². The summed E-state index contributed by atoms with van der Waals surface area (Å²) >= 11 is 0. The Morgan fingerprint density at radius 2 is 1.82 bits per heavy atom. The summed E-state index contributed by atoms with van der Waals surface area (Å²) in [6.45, 7) is 11.7. The second-order valence-corrected chi connectivity index (χ2v) is 9.44. The lowest BCUT2D eigenvalue weighted by Crippen LogP contribution is -2.31. The Hall–Kier alpha value is -3.59. The minimum absolute atomic E-state index is 0.0188. The molecule has 3 aromatic rings. The van der Waals surface area contributed by atoms with Gasteiger partial charge in [-0.15, -0.1) is 0 Å². The van der Waals surface area contributed by atoms with Crippen molar-refractivity contribution < 1.29 is 4.79 Å². The number of rotatable bonds is 6. The van der Waals surface area contributed by atoms with Crippen molar-refractivity contribution in [3.05, 3.63) is 59.2 Å². The van der Waals surface area contributed by atoms with Crippen molar-refractivity contribution >= 4 is 29.2 Å². The van der Waals surface area contributed by atoms with Crippen LogP contribution in [0.4, 0.5) is 23.3 Å². The van der Waals surface area contributed by atoms with Crippen molar-refractivity contribution in [3.8, 4) is 0 Å². The van der Waals surface area contributed by atoms with Gasteiger partial charge >= 0.3 is 0 Å². The molecule has 0 unspecified atom stereocenters. The Kier molecular flexibility index (Phi) is 6.24. The summed E-state index contributed by atoms with van der Waals surface area (Å²) in [5, 5.41) is 12.7. The van der Waals surface area contributed by atoms with E-state index in [2.05, 4.69) is 53.3 Å². The molecular formula is C24H30N8O. The molecule has 9 heteroatoms. The lowest BCUT2D eigenvalue weighted by atomic mass is 9.96. The van der Waals surface area contributed by atoms with Crippen LogP contribution in [0.25, 0.3) is 0 Å². The van der Waals surface area contributed by atoms with Crippen molar-refractivity contribution in [2.24, 2.45) is 0 Å². The van der Waals surface area contributed by atoms with Gasteiger partial charge < -0.3 is 21.3 Å². The Balaban J connectivity index is 1.65. The molecule has 0 aliphatic carbocycles. The van der Waals surface area contributed by atoms with Gasteiger partial charge in [-0.3, -0.25) is 4.79 Å². The second-order valence-electron chi connectivity index (χ2n) is 9.44. The number of carbonyl (C=O) groups excluding carboxylic acids is 1. The second kappa shape index (κ2) is 9.11. The molecule has 3 heterocycles. The smallest absolute Gasteiger partial charge is 0.256 e. The molecule has 2 aromatic heterocycles. The summed E-state index contributed by atoms with van der Waals surface area (Å²) in [5.74, 6) is 1.75. The Morgan fingerprint density at radius 3 is 2.58 bits per heavy atom. The predicted octanol–water partition coefficient (Wildman–Crippen LogP) is 3.79. The number of nitrogens with zero attached hydrogens (tertiary/aromatic N) is 4. The van der Waals surface area contributed by atoms with Crippen LogP contribution in [0.15, 0.2) is 36.7 Å². The van der Waals surface area contributed by atoms with Gasteiger partial charge in [0, 0.05) is 42.6 Å². The average molecular weight is 447 g/mol. The molecule has 172 valence electrons. The van der Waals surface area contributed by atoms with Crippen LogP contribution in [0.1, 0.15) is 61.9 Å². The first kappa shape index (κ1) is 22.6. The Morgan fingerprint density at radius 1 is 1.03 bits per heavy atom. The van der Waals surface area contributed by atoms with E-state index < -0.39 is 0 Å². The lowest BCUT2D eigenvalue weighted by Gasteiger charge is -2.18. The van der Waals surface area contributed by atoms with E-state index >= 15 is 0 Å². The summed E-state index contributed by atoms with van der Waals surface area (Å²) in [6, 6.07) is 7.92. The quantitative estimate of drug-likeness (QED) is 0.452. The van der Waals surface area contributed by atoms with Crippen molar-refractivity contribution in [2.75, 3.05) is 10.6 Å². The zero-order valence-electron chi connectivity index (χ0n) is 19.7. The molecule has 1 aliphatic rings. The predicted molar refractivity (Wildman–Crippen MR) is 129 cm³/mol. The summed E-state index contributed by atoms with van der Waals surface area (Å²) in [6.07, 6.45) is 3.22. The number of carbonyl (C=O) groups is 1. The van der Waals surface area contributed by atoms with E-state index in [1.165, 1.54) is 17.3 Å². The monoisotopic (exact) mass is 446 g/mol. The van der Waals surface area contributed by atoms with Crippen LogP contribution in [0.2, 0.25) is 0 Å². The molecule has 0 bridgehead atoms. The summed E-state index contributed by atoms with van der Waals surface area (Å²) in [7, 11) is 0. The fourth-order valence-electron chi connectivity index (χ4n) is 3.46. The largest absolute Gasteiger partial charge is 0.350 e. The maximum atomic E-state index is 12.8. The van der Waals surface area contributed by atoms with E-state index in [1.807, 2.05) is 40.7 Å².